The normalized spacial score (nSPS) is 9.44. The molecule has 0 spiro atoms. The molecule has 1 aromatic carbocycles. The number of halogens is 2. The largest absolute Gasteiger partial charge is 0.351 e. The Kier molecular flexibility index (Phi) is 6.84. The van der Waals surface area contributed by atoms with Gasteiger partial charge in [-0.1, -0.05) is 0 Å². The maximum atomic E-state index is 13.4. The molecule has 0 aliphatic carbocycles. The number of nitrogens with zero attached hydrogens (tertiary/aromatic N) is 1. The molecule has 0 saturated heterocycles. The average Bonchev–Trinajstić information content (AvgIpc) is 2.28. The number of nitro groups is 1. The van der Waals surface area contributed by atoms with Crippen molar-refractivity contribution >= 4 is 24.0 Å². The van der Waals surface area contributed by atoms with Crippen LogP contribution in [0.2, 0.25) is 0 Å². The summed E-state index contributed by atoms with van der Waals surface area (Å²) in [5, 5.41) is 15.7. The van der Waals surface area contributed by atoms with E-state index in [0.29, 0.717) is 13.1 Å². The zero-order chi connectivity index (χ0) is 12.8. The Bertz CT molecular complexity index is 442. The summed E-state index contributed by atoms with van der Waals surface area (Å²) in [5.74, 6) is -1.49. The van der Waals surface area contributed by atoms with Crippen LogP contribution < -0.4 is 10.6 Å². The van der Waals surface area contributed by atoms with Crippen LogP contribution in [-0.4, -0.2) is 31.0 Å². The first-order chi connectivity index (χ1) is 8.06. The number of nitro benzene ring substituents is 1. The molecule has 0 unspecified atom stereocenters. The van der Waals surface area contributed by atoms with Crippen molar-refractivity contribution in [2.45, 2.75) is 0 Å². The molecule has 1 amide bonds. The number of likely N-dealkylation sites (N-methyl/N-ethyl adjacent to an activating group) is 1. The number of non-ortho nitro benzene ring substituents is 1. The van der Waals surface area contributed by atoms with Gasteiger partial charge in [0.25, 0.3) is 11.6 Å². The van der Waals surface area contributed by atoms with Crippen molar-refractivity contribution in [3.63, 3.8) is 0 Å². The minimum atomic E-state index is -0.902. The van der Waals surface area contributed by atoms with Crippen LogP contribution >= 0.6 is 12.4 Å². The van der Waals surface area contributed by atoms with Crippen molar-refractivity contribution in [1.29, 1.82) is 0 Å². The first-order valence-corrected chi connectivity index (χ1v) is 4.93. The molecule has 100 valence electrons. The summed E-state index contributed by atoms with van der Waals surface area (Å²) >= 11 is 0. The van der Waals surface area contributed by atoms with Crippen molar-refractivity contribution < 1.29 is 14.1 Å². The van der Waals surface area contributed by atoms with Gasteiger partial charge in [-0.2, -0.15) is 0 Å². The Morgan fingerprint density at radius 1 is 1.44 bits per heavy atom. The quantitative estimate of drug-likeness (QED) is 0.480. The van der Waals surface area contributed by atoms with Crippen molar-refractivity contribution in [2.24, 2.45) is 0 Å². The number of nitrogens with one attached hydrogen (secondary N) is 2. The van der Waals surface area contributed by atoms with Crippen molar-refractivity contribution in [1.82, 2.24) is 10.6 Å². The molecular weight excluding hydrogens is 265 g/mol. The molecule has 0 atom stereocenters. The Morgan fingerprint density at radius 2 is 2.11 bits per heavy atom. The number of benzene rings is 1. The third-order valence-corrected chi connectivity index (χ3v) is 2.07. The van der Waals surface area contributed by atoms with Gasteiger partial charge in [0.2, 0.25) is 0 Å². The second-order valence-corrected chi connectivity index (χ2v) is 3.28. The van der Waals surface area contributed by atoms with Gasteiger partial charge in [-0.25, -0.2) is 4.39 Å². The van der Waals surface area contributed by atoms with E-state index >= 15 is 0 Å². The standard InChI is InChI=1S/C10H12FN3O3.ClH/c1-12-4-5-13-10(15)8-3-2-7(14(16)17)6-9(8)11;/h2-3,6,12H,4-5H2,1H3,(H,13,15);1H. The van der Waals surface area contributed by atoms with Gasteiger partial charge in [-0.05, 0) is 13.1 Å². The number of rotatable bonds is 5. The zero-order valence-electron chi connectivity index (χ0n) is 9.60. The highest BCUT2D eigenvalue weighted by Crippen LogP contribution is 2.16. The minimum absolute atomic E-state index is 0. The lowest BCUT2D eigenvalue weighted by Gasteiger charge is -2.05. The summed E-state index contributed by atoms with van der Waals surface area (Å²) < 4.78 is 13.4. The van der Waals surface area contributed by atoms with Gasteiger partial charge in [0.05, 0.1) is 16.6 Å². The van der Waals surface area contributed by atoms with Crippen LogP contribution in [0, 0.1) is 15.9 Å². The molecule has 6 nitrogen and oxygen atoms in total. The van der Waals surface area contributed by atoms with E-state index in [-0.39, 0.29) is 23.7 Å². The zero-order valence-corrected chi connectivity index (χ0v) is 10.4. The summed E-state index contributed by atoms with van der Waals surface area (Å²) in [6.45, 7) is 0.909. The molecule has 0 radical (unpaired) electrons. The Balaban J connectivity index is 0.00000289. The van der Waals surface area contributed by atoms with Gasteiger partial charge in [0, 0.05) is 19.2 Å². The number of carbonyl (C=O) groups is 1. The van der Waals surface area contributed by atoms with Crippen LogP contribution in [0.5, 0.6) is 0 Å². The van der Waals surface area contributed by atoms with Gasteiger partial charge in [-0.3, -0.25) is 14.9 Å². The van der Waals surface area contributed by atoms with E-state index in [2.05, 4.69) is 10.6 Å². The summed E-state index contributed by atoms with van der Waals surface area (Å²) in [7, 11) is 1.72. The molecule has 0 saturated carbocycles. The Morgan fingerprint density at radius 3 is 2.61 bits per heavy atom. The maximum absolute atomic E-state index is 13.4. The van der Waals surface area contributed by atoms with Crippen LogP contribution in [0.25, 0.3) is 0 Å². The van der Waals surface area contributed by atoms with Crippen LogP contribution in [-0.2, 0) is 0 Å². The molecule has 0 fully saturated rings. The van der Waals surface area contributed by atoms with Gasteiger partial charge in [0.15, 0.2) is 0 Å². The average molecular weight is 278 g/mol. The fourth-order valence-corrected chi connectivity index (χ4v) is 1.20. The van der Waals surface area contributed by atoms with Crippen LogP contribution in [0.4, 0.5) is 10.1 Å². The predicted octanol–water partition coefficient (Wildman–Crippen LogP) is 1.10. The lowest BCUT2D eigenvalue weighted by atomic mass is 10.2. The van der Waals surface area contributed by atoms with E-state index in [0.717, 1.165) is 18.2 Å². The van der Waals surface area contributed by atoms with E-state index in [4.69, 9.17) is 0 Å². The summed E-state index contributed by atoms with van der Waals surface area (Å²) in [6.07, 6.45) is 0. The van der Waals surface area contributed by atoms with Crippen molar-refractivity contribution in [3.05, 3.63) is 39.7 Å². The molecule has 1 rings (SSSR count). The molecular formula is C10H13ClFN3O3. The number of amides is 1. The number of hydrogen-bond donors (Lipinski definition) is 2. The van der Waals surface area contributed by atoms with Crippen LogP contribution in [0.3, 0.4) is 0 Å². The highest BCUT2D eigenvalue weighted by molar-refractivity contribution is 5.94. The van der Waals surface area contributed by atoms with Gasteiger partial charge < -0.3 is 10.6 Å². The number of carbonyl (C=O) groups excluding carboxylic acids is 1. The summed E-state index contributed by atoms with van der Waals surface area (Å²) in [4.78, 5) is 21.1. The SMILES string of the molecule is CNCCNC(=O)c1ccc([N+](=O)[O-])cc1F.Cl. The van der Waals surface area contributed by atoms with E-state index in [1.54, 1.807) is 7.05 Å². The topological polar surface area (TPSA) is 84.3 Å². The van der Waals surface area contributed by atoms with Gasteiger partial charge in [-0.15, -0.1) is 12.4 Å². The Labute approximate surface area is 109 Å². The van der Waals surface area contributed by atoms with Gasteiger partial charge >= 0.3 is 0 Å². The lowest BCUT2D eigenvalue weighted by Crippen LogP contribution is -2.30. The Hall–Kier alpha value is -1.73. The molecule has 0 aliphatic heterocycles. The molecule has 2 N–H and O–H groups in total. The highest BCUT2D eigenvalue weighted by Gasteiger charge is 2.15. The fourth-order valence-electron chi connectivity index (χ4n) is 1.20. The second-order valence-electron chi connectivity index (χ2n) is 3.28. The smallest absolute Gasteiger partial charge is 0.272 e. The highest BCUT2D eigenvalue weighted by atomic mass is 35.5. The fraction of sp³-hybridized carbons (Fsp3) is 0.300. The van der Waals surface area contributed by atoms with Crippen LogP contribution in [0.15, 0.2) is 18.2 Å². The summed E-state index contributed by atoms with van der Waals surface area (Å²) in [5.41, 5.74) is -0.582. The molecule has 0 heterocycles. The van der Waals surface area contributed by atoms with E-state index in [1.165, 1.54) is 0 Å². The summed E-state index contributed by atoms with van der Waals surface area (Å²) in [6, 6.07) is 2.92. The molecule has 1 aromatic rings. The third-order valence-electron chi connectivity index (χ3n) is 2.07. The first kappa shape index (κ1) is 16.3. The molecule has 0 aliphatic rings. The van der Waals surface area contributed by atoms with E-state index in [1.807, 2.05) is 0 Å². The van der Waals surface area contributed by atoms with Gasteiger partial charge in [0.1, 0.15) is 5.82 Å². The lowest BCUT2D eigenvalue weighted by molar-refractivity contribution is -0.385. The predicted molar refractivity (Wildman–Crippen MR) is 66.6 cm³/mol. The minimum Gasteiger partial charge on any atom is -0.351 e. The number of hydrogen-bond acceptors (Lipinski definition) is 4. The third kappa shape index (κ3) is 4.27. The van der Waals surface area contributed by atoms with Crippen molar-refractivity contribution in [2.75, 3.05) is 20.1 Å². The van der Waals surface area contributed by atoms with E-state index in [9.17, 15) is 19.3 Å². The monoisotopic (exact) mass is 277 g/mol. The maximum Gasteiger partial charge on any atom is 0.272 e. The molecule has 0 bridgehead atoms. The second kappa shape index (κ2) is 7.57. The van der Waals surface area contributed by atoms with Crippen LogP contribution in [0.1, 0.15) is 10.4 Å². The van der Waals surface area contributed by atoms with Crippen molar-refractivity contribution in [3.8, 4) is 0 Å². The molecule has 8 heteroatoms. The van der Waals surface area contributed by atoms with E-state index < -0.39 is 16.6 Å². The first-order valence-electron chi connectivity index (χ1n) is 4.93. The molecule has 0 aromatic heterocycles. The molecule has 18 heavy (non-hydrogen) atoms.